The Morgan fingerprint density at radius 1 is 1.61 bits per heavy atom. The van der Waals surface area contributed by atoms with Crippen LogP contribution in [-0.2, 0) is 14.3 Å². The molecule has 2 rings (SSSR count). The molecule has 1 aliphatic rings. The van der Waals surface area contributed by atoms with Gasteiger partial charge in [0.25, 0.3) is 5.91 Å². The first-order chi connectivity index (χ1) is 8.68. The lowest BCUT2D eigenvalue weighted by molar-refractivity contribution is -0.136. The summed E-state index contributed by atoms with van der Waals surface area (Å²) in [6.45, 7) is 0.600. The van der Waals surface area contributed by atoms with Crippen LogP contribution in [0.15, 0.2) is 6.33 Å². The highest BCUT2D eigenvalue weighted by molar-refractivity contribution is 5.95. The third-order valence-electron chi connectivity index (χ3n) is 2.68. The highest BCUT2D eigenvalue weighted by atomic mass is 16.5. The molecule has 1 aromatic rings. The van der Waals surface area contributed by atoms with Crippen LogP contribution in [-0.4, -0.2) is 51.4 Å². The Kier molecular flexibility index (Phi) is 3.88. The van der Waals surface area contributed by atoms with Crippen molar-refractivity contribution in [2.75, 3.05) is 18.1 Å². The molecule has 8 heteroatoms. The van der Waals surface area contributed by atoms with Crippen molar-refractivity contribution >= 4 is 17.8 Å². The number of hydrogen-bond acceptors (Lipinski definition) is 5. The zero-order valence-corrected chi connectivity index (χ0v) is 9.70. The Morgan fingerprint density at radius 3 is 3.00 bits per heavy atom. The van der Waals surface area contributed by atoms with E-state index in [4.69, 9.17) is 9.84 Å². The zero-order valence-electron chi connectivity index (χ0n) is 9.70. The molecule has 1 aromatic heterocycles. The fourth-order valence-corrected chi connectivity index (χ4v) is 1.80. The van der Waals surface area contributed by atoms with Gasteiger partial charge in [0.2, 0.25) is 5.95 Å². The molecular formula is C10H14N4O4. The number of carbonyl (C=O) groups excluding carboxylic acids is 1. The fourth-order valence-electron chi connectivity index (χ4n) is 1.80. The first-order valence-electron chi connectivity index (χ1n) is 5.68. The van der Waals surface area contributed by atoms with Crippen LogP contribution in [0.3, 0.4) is 0 Å². The summed E-state index contributed by atoms with van der Waals surface area (Å²) >= 11 is 0. The maximum absolute atomic E-state index is 12.2. The maximum atomic E-state index is 12.2. The fraction of sp³-hybridized carbons (Fsp3) is 0.600. The number of nitrogens with one attached hydrogen (secondary N) is 1. The molecule has 0 saturated carbocycles. The van der Waals surface area contributed by atoms with Gasteiger partial charge < -0.3 is 9.84 Å². The van der Waals surface area contributed by atoms with Crippen molar-refractivity contribution in [2.45, 2.75) is 25.4 Å². The van der Waals surface area contributed by atoms with Crippen molar-refractivity contribution in [1.82, 2.24) is 15.2 Å². The summed E-state index contributed by atoms with van der Waals surface area (Å²) in [4.78, 5) is 27.9. The van der Waals surface area contributed by atoms with Gasteiger partial charge >= 0.3 is 5.97 Å². The molecule has 1 unspecified atom stereocenters. The smallest absolute Gasteiger partial charge is 0.305 e. The average Bonchev–Trinajstić information content (AvgIpc) is 3.01. The third-order valence-corrected chi connectivity index (χ3v) is 2.68. The van der Waals surface area contributed by atoms with E-state index in [0.717, 1.165) is 6.42 Å². The van der Waals surface area contributed by atoms with E-state index in [9.17, 15) is 9.59 Å². The molecule has 0 aromatic carbocycles. The molecule has 8 nitrogen and oxygen atoms in total. The van der Waals surface area contributed by atoms with E-state index in [0.29, 0.717) is 13.0 Å². The predicted octanol–water partition coefficient (Wildman–Crippen LogP) is -0.209. The van der Waals surface area contributed by atoms with Gasteiger partial charge in [0.1, 0.15) is 12.4 Å². The number of rotatable bonds is 5. The monoisotopic (exact) mass is 254 g/mol. The lowest BCUT2D eigenvalue weighted by Crippen LogP contribution is -2.41. The third kappa shape index (κ3) is 2.83. The second-order valence-electron chi connectivity index (χ2n) is 3.94. The van der Waals surface area contributed by atoms with Crippen LogP contribution in [0.2, 0.25) is 0 Å². The number of nitrogens with zero attached hydrogens (tertiary/aromatic N) is 3. The van der Waals surface area contributed by atoms with Crippen LogP contribution >= 0.6 is 0 Å². The van der Waals surface area contributed by atoms with E-state index in [1.54, 1.807) is 0 Å². The van der Waals surface area contributed by atoms with Crippen LogP contribution in [0.4, 0.5) is 5.95 Å². The van der Waals surface area contributed by atoms with E-state index in [1.807, 2.05) is 0 Å². The van der Waals surface area contributed by atoms with Gasteiger partial charge in [0, 0.05) is 13.2 Å². The second kappa shape index (κ2) is 5.58. The van der Waals surface area contributed by atoms with Crippen molar-refractivity contribution in [3.8, 4) is 0 Å². The summed E-state index contributed by atoms with van der Waals surface area (Å²) in [6, 6.07) is 0. The molecule has 0 radical (unpaired) electrons. The number of carboxylic acid groups (broad SMARTS) is 1. The SMILES string of the molecule is O=C(O)CCN(C(=O)C1CCCO1)c1ncn[nH]1. The number of aromatic nitrogens is 3. The minimum atomic E-state index is -0.973. The number of aromatic amines is 1. The van der Waals surface area contributed by atoms with Gasteiger partial charge in [-0.2, -0.15) is 10.1 Å². The zero-order chi connectivity index (χ0) is 13.0. The summed E-state index contributed by atoms with van der Waals surface area (Å²) in [5, 5.41) is 14.9. The highest BCUT2D eigenvalue weighted by Gasteiger charge is 2.30. The van der Waals surface area contributed by atoms with Crippen LogP contribution in [0.5, 0.6) is 0 Å². The van der Waals surface area contributed by atoms with Crippen LogP contribution in [0.25, 0.3) is 0 Å². The molecule has 98 valence electrons. The number of ether oxygens (including phenoxy) is 1. The predicted molar refractivity (Wildman–Crippen MR) is 60.0 cm³/mol. The van der Waals surface area contributed by atoms with Gasteiger partial charge in [-0.05, 0) is 12.8 Å². The van der Waals surface area contributed by atoms with E-state index in [-0.39, 0.29) is 24.8 Å². The van der Waals surface area contributed by atoms with Gasteiger partial charge in [0.15, 0.2) is 0 Å². The quantitative estimate of drug-likeness (QED) is 0.752. The second-order valence-corrected chi connectivity index (χ2v) is 3.94. The Morgan fingerprint density at radius 2 is 2.44 bits per heavy atom. The number of carboxylic acids is 1. The highest BCUT2D eigenvalue weighted by Crippen LogP contribution is 2.17. The largest absolute Gasteiger partial charge is 0.481 e. The van der Waals surface area contributed by atoms with Gasteiger partial charge in [0.05, 0.1) is 6.42 Å². The standard InChI is InChI=1S/C10H14N4O4/c15-8(16)3-4-14(10-11-6-12-13-10)9(17)7-2-1-5-18-7/h6-7H,1-5H2,(H,15,16)(H,11,12,13). The van der Waals surface area contributed by atoms with E-state index >= 15 is 0 Å². The number of amides is 1. The lowest BCUT2D eigenvalue weighted by Gasteiger charge is -2.21. The molecular weight excluding hydrogens is 240 g/mol. The van der Waals surface area contributed by atoms with Crippen LogP contribution in [0, 0.1) is 0 Å². The number of H-pyrrole nitrogens is 1. The number of aliphatic carboxylic acids is 1. The molecule has 1 amide bonds. The number of anilines is 1. The van der Waals surface area contributed by atoms with Crippen molar-refractivity contribution < 1.29 is 19.4 Å². The van der Waals surface area contributed by atoms with Crippen LogP contribution in [0.1, 0.15) is 19.3 Å². The molecule has 1 aliphatic heterocycles. The molecule has 1 saturated heterocycles. The Hall–Kier alpha value is -1.96. The summed E-state index contributed by atoms with van der Waals surface area (Å²) in [6.07, 6.45) is 2.09. The molecule has 2 heterocycles. The molecule has 0 aliphatic carbocycles. The van der Waals surface area contributed by atoms with E-state index in [1.165, 1.54) is 11.2 Å². The van der Waals surface area contributed by atoms with Crippen molar-refractivity contribution in [1.29, 1.82) is 0 Å². The summed E-state index contributed by atoms with van der Waals surface area (Å²) in [5.74, 6) is -0.998. The molecule has 1 fully saturated rings. The summed E-state index contributed by atoms with van der Waals surface area (Å²) < 4.78 is 5.30. The Labute approximate surface area is 103 Å². The number of hydrogen-bond donors (Lipinski definition) is 2. The summed E-state index contributed by atoms with van der Waals surface area (Å²) in [7, 11) is 0. The average molecular weight is 254 g/mol. The number of carbonyl (C=O) groups is 2. The summed E-state index contributed by atoms with van der Waals surface area (Å²) in [5.41, 5.74) is 0. The van der Waals surface area contributed by atoms with E-state index < -0.39 is 12.1 Å². The minimum Gasteiger partial charge on any atom is -0.481 e. The minimum absolute atomic E-state index is 0.0449. The molecule has 2 N–H and O–H groups in total. The molecule has 1 atom stereocenters. The van der Waals surface area contributed by atoms with E-state index in [2.05, 4.69) is 15.2 Å². The van der Waals surface area contributed by atoms with Crippen LogP contribution < -0.4 is 4.90 Å². The Bertz CT molecular complexity index is 414. The van der Waals surface area contributed by atoms with Crippen molar-refractivity contribution in [2.24, 2.45) is 0 Å². The van der Waals surface area contributed by atoms with Crippen molar-refractivity contribution in [3.63, 3.8) is 0 Å². The van der Waals surface area contributed by atoms with Gasteiger partial charge in [-0.3, -0.25) is 14.5 Å². The molecule has 0 bridgehead atoms. The first-order valence-corrected chi connectivity index (χ1v) is 5.68. The molecule has 0 spiro atoms. The van der Waals surface area contributed by atoms with Crippen molar-refractivity contribution in [3.05, 3.63) is 6.33 Å². The topological polar surface area (TPSA) is 108 Å². The Balaban J connectivity index is 2.08. The lowest BCUT2D eigenvalue weighted by atomic mass is 10.2. The first kappa shape index (κ1) is 12.5. The molecule has 18 heavy (non-hydrogen) atoms. The van der Waals surface area contributed by atoms with Gasteiger partial charge in [-0.25, -0.2) is 5.10 Å². The normalized spacial score (nSPS) is 18.8. The maximum Gasteiger partial charge on any atom is 0.305 e. The van der Waals surface area contributed by atoms with Gasteiger partial charge in [-0.15, -0.1) is 0 Å². The van der Waals surface area contributed by atoms with Gasteiger partial charge in [-0.1, -0.05) is 0 Å².